The number of alkyl halides is 1. The van der Waals surface area contributed by atoms with Crippen LogP contribution in [-0.4, -0.2) is 34.7 Å². The zero-order valence-electron chi connectivity index (χ0n) is 8.57. The van der Waals surface area contributed by atoms with Gasteiger partial charge in [-0.05, 0) is 0 Å². The van der Waals surface area contributed by atoms with Crippen molar-refractivity contribution in [3.63, 3.8) is 0 Å². The van der Waals surface area contributed by atoms with Gasteiger partial charge in [0.15, 0.2) is 0 Å². The molecule has 0 aliphatic rings. The third-order valence-electron chi connectivity index (χ3n) is 1.76. The molecule has 0 atom stereocenters. The van der Waals surface area contributed by atoms with E-state index in [-0.39, 0.29) is 5.91 Å². The number of aromatic nitrogens is 2. The van der Waals surface area contributed by atoms with Crippen molar-refractivity contribution in [3.05, 3.63) is 12.4 Å². The number of rotatable bonds is 6. The number of hydrogen-bond donors (Lipinski definition) is 1. The van der Waals surface area contributed by atoms with E-state index in [1.807, 2.05) is 0 Å². The van der Waals surface area contributed by atoms with E-state index >= 15 is 0 Å². The van der Waals surface area contributed by atoms with Crippen LogP contribution in [0.2, 0.25) is 0 Å². The molecule has 0 saturated carbocycles. The highest BCUT2D eigenvalue weighted by molar-refractivity contribution is 9.09. The number of ether oxygens (including phenoxy) is 1. The fraction of sp³-hybridized carbons (Fsp3) is 0.556. The van der Waals surface area contributed by atoms with Crippen LogP contribution < -0.4 is 5.32 Å². The van der Waals surface area contributed by atoms with E-state index in [4.69, 9.17) is 4.74 Å². The average Bonchev–Trinajstić information content (AvgIpc) is 2.63. The molecule has 1 N–H and O–H groups in total. The first kappa shape index (κ1) is 12.2. The summed E-state index contributed by atoms with van der Waals surface area (Å²) in [7, 11) is 1.64. The second-order valence-electron chi connectivity index (χ2n) is 2.97. The molecule has 0 radical (unpaired) electrons. The number of carbonyl (C=O) groups is 1. The summed E-state index contributed by atoms with van der Waals surface area (Å²) in [5, 5.41) is 7.49. The Hall–Kier alpha value is -0.880. The highest BCUT2D eigenvalue weighted by atomic mass is 79.9. The molecule has 0 saturated heterocycles. The number of methoxy groups -OCH3 is 1. The third kappa shape index (κ3) is 4.44. The third-order valence-corrected chi connectivity index (χ3v) is 2.16. The largest absolute Gasteiger partial charge is 0.383 e. The summed E-state index contributed by atoms with van der Waals surface area (Å²) in [6, 6.07) is 0. The van der Waals surface area contributed by atoms with Crippen LogP contribution in [0, 0.1) is 0 Å². The molecule has 5 nitrogen and oxygen atoms in total. The summed E-state index contributed by atoms with van der Waals surface area (Å²) in [6.45, 7) is 1.29. The molecule has 1 amide bonds. The van der Waals surface area contributed by atoms with E-state index in [0.717, 1.165) is 5.69 Å². The van der Waals surface area contributed by atoms with Gasteiger partial charge in [0.05, 0.1) is 25.0 Å². The first-order chi connectivity index (χ1) is 7.26. The summed E-state index contributed by atoms with van der Waals surface area (Å²) >= 11 is 3.20. The van der Waals surface area contributed by atoms with Gasteiger partial charge in [0, 0.05) is 25.1 Å². The first-order valence-electron chi connectivity index (χ1n) is 4.63. The van der Waals surface area contributed by atoms with Gasteiger partial charge in [-0.3, -0.25) is 9.48 Å². The zero-order chi connectivity index (χ0) is 11.1. The fourth-order valence-electron chi connectivity index (χ4n) is 1.04. The summed E-state index contributed by atoms with van der Waals surface area (Å²) in [5.41, 5.74) is 0.719. The van der Waals surface area contributed by atoms with Crippen LogP contribution in [0.3, 0.4) is 0 Å². The zero-order valence-corrected chi connectivity index (χ0v) is 10.2. The molecular formula is C9H14BrN3O2. The van der Waals surface area contributed by atoms with Gasteiger partial charge in [-0.2, -0.15) is 5.10 Å². The molecule has 0 aliphatic heterocycles. The molecule has 1 aromatic heterocycles. The standard InChI is InChI=1S/C9H14BrN3O2/c1-15-5-4-13-7-8(6-11-13)12-9(14)2-3-10/h6-7H,2-5H2,1H3,(H,12,14). The highest BCUT2D eigenvalue weighted by Crippen LogP contribution is 2.05. The Kier molecular flexibility index (Phi) is 5.34. The molecular weight excluding hydrogens is 262 g/mol. The molecule has 84 valence electrons. The first-order valence-corrected chi connectivity index (χ1v) is 5.75. The summed E-state index contributed by atoms with van der Waals surface area (Å²) in [6.07, 6.45) is 3.87. The predicted octanol–water partition coefficient (Wildman–Crippen LogP) is 1.25. The van der Waals surface area contributed by atoms with E-state index in [1.165, 1.54) is 0 Å². The van der Waals surface area contributed by atoms with E-state index in [0.29, 0.717) is 24.9 Å². The molecule has 0 unspecified atom stereocenters. The molecule has 0 aliphatic carbocycles. The van der Waals surface area contributed by atoms with Crippen molar-refractivity contribution in [1.29, 1.82) is 0 Å². The van der Waals surface area contributed by atoms with Crippen molar-refractivity contribution < 1.29 is 9.53 Å². The maximum absolute atomic E-state index is 11.2. The number of nitrogens with zero attached hydrogens (tertiary/aromatic N) is 2. The molecule has 0 spiro atoms. The number of anilines is 1. The Morgan fingerprint density at radius 1 is 1.73 bits per heavy atom. The Morgan fingerprint density at radius 2 is 2.53 bits per heavy atom. The van der Waals surface area contributed by atoms with Crippen molar-refractivity contribution >= 4 is 27.5 Å². The smallest absolute Gasteiger partial charge is 0.225 e. The van der Waals surface area contributed by atoms with Gasteiger partial charge in [0.1, 0.15) is 0 Å². The normalized spacial score (nSPS) is 10.3. The molecule has 0 fully saturated rings. The number of carbonyl (C=O) groups excluding carboxylic acids is 1. The second kappa shape index (κ2) is 6.58. The van der Waals surface area contributed by atoms with Gasteiger partial charge < -0.3 is 10.1 Å². The fourth-order valence-corrected chi connectivity index (χ4v) is 1.40. The summed E-state index contributed by atoms with van der Waals surface area (Å²) in [4.78, 5) is 11.2. The molecule has 0 aromatic carbocycles. The summed E-state index contributed by atoms with van der Waals surface area (Å²) in [5.74, 6) is -0.0156. The molecule has 15 heavy (non-hydrogen) atoms. The van der Waals surface area contributed by atoms with Crippen LogP contribution >= 0.6 is 15.9 Å². The van der Waals surface area contributed by atoms with Gasteiger partial charge in [0.25, 0.3) is 0 Å². The molecule has 1 rings (SSSR count). The maximum Gasteiger partial charge on any atom is 0.225 e. The minimum absolute atomic E-state index is 0.0156. The number of hydrogen-bond acceptors (Lipinski definition) is 3. The van der Waals surface area contributed by atoms with Crippen molar-refractivity contribution in [2.45, 2.75) is 13.0 Å². The van der Waals surface area contributed by atoms with Crippen LogP contribution in [0.1, 0.15) is 6.42 Å². The van der Waals surface area contributed by atoms with Crippen LogP contribution in [0.25, 0.3) is 0 Å². The lowest BCUT2D eigenvalue weighted by Gasteiger charge is -2.00. The van der Waals surface area contributed by atoms with E-state index in [2.05, 4.69) is 26.3 Å². The van der Waals surface area contributed by atoms with Crippen LogP contribution in [0.4, 0.5) is 5.69 Å². The lowest BCUT2D eigenvalue weighted by Crippen LogP contribution is -2.11. The Balaban J connectivity index is 2.42. The SMILES string of the molecule is COCCn1cc(NC(=O)CCBr)cn1. The Labute approximate surface area is 96.9 Å². The van der Waals surface area contributed by atoms with Gasteiger partial charge >= 0.3 is 0 Å². The van der Waals surface area contributed by atoms with Crippen molar-refractivity contribution in [3.8, 4) is 0 Å². The van der Waals surface area contributed by atoms with Crippen LogP contribution in [0.15, 0.2) is 12.4 Å². The molecule has 0 bridgehead atoms. The highest BCUT2D eigenvalue weighted by Gasteiger charge is 2.03. The molecule has 1 aromatic rings. The Bertz CT molecular complexity index is 314. The molecule has 1 heterocycles. The van der Waals surface area contributed by atoms with Crippen molar-refractivity contribution in [2.75, 3.05) is 24.4 Å². The van der Waals surface area contributed by atoms with E-state index < -0.39 is 0 Å². The minimum Gasteiger partial charge on any atom is -0.383 e. The van der Waals surface area contributed by atoms with Gasteiger partial charge in [0.2, 0.25) is 5.91 Å². The Morgan fingerprint density at radius 3 is 3.20 bits per heavy atom. The predicted molar refractivity (Wildman–Crippen MR) is 61.1 cm³/mol. The number of nitrogens with one attached hydrogen (secondary N) is 1. The maximum atomic E-state index is 11.2. The van der Waals surface area contributed by atoms with Crippen LogP contribution in [0.5, 0.6) is 0 Å². The monoisotopic (exact) mass is 275 g/mol. The summed E-state index contributed by atoms with van der Waals surface area (Å²) < 4.78 is 6.65. The topological polar surface area (TPSA) is 56.1 Å². The van der Waals surface area contributed by atoms with Crippen molar-refractivity contribution in [2.24, 2.45) is 0 Å². The number of amides is 1. The van der Waals surface area contributed by atoms with E-state index in [1.54, 1.807) is 24.2 Å². The van der Waals surface area contributed by atoms with Crippen LogP contribution in [-0.2, 0) is 16.1 Å². The van der Waals surface area contributed by atoms with E-state index in [9.17, 15) is 4.79 Å². The lowest BCUT2D eigenvalue weighted by molar-refractivity contribution is -0.115. The van der Waals surface area contributed by atoms with Crippen molar-refractivity contribution in [1.82, 2.24) is 9.78 Å². The van der Waals surface area contributed by atoms with Gasteiger partial charge in [-0.1, -0.05) is 15.9 Å². The lowest BCUT2D eigenvalue weighted by atomic mass is 10.4. The van der Waals surface area contributed by atoms with Gasteiger partial charge in [-0.25, -0.2) is 0 Å². The number of halogens is 1. The quantitative estimate of drug-likeness (QED) is 0.796. The molecule has 6 heteroatoms. The second-order valence-corrected chi connectivity index (χ2v) is 3.77. The minimum atomic E-state index is -0.0156. The average molecular weight is 276 g/mol. The van der Waals surface area contributed by atoms with Gasteiger partial charge in [-0.15, -0.1) is 0 Å².